The molecule has 0 unspecified atom stereocenters. The lowest BCUT2D eigenvalue weighted by Crippen LogP contribution is -2.40. The van der Waals surface area contributed by atoms with Crippen LogP contribution in [0.2, 0.25) is 0 Å². The molecule has 108 valence electrons. The summed E-state index contributed by atoms with van der Waals surface area (Å²) in [6.45, 7) is 6.40. The summed E-state index contributed by atoms with van der Waals surface area (Å²) in [5, 5.41) is 0. The van der Waals surface area contributed by atoms with E-state index in [4.69, 9.17) is 5.84 Å². The predicted molar refractivity (Wildman–Crippen MR) is 76.3 cm³/mol. The van der Waals surface area contributed by atoms with Gasteiger partial charge in [0, 0.05) is 13.6 Å². The van der Waals surface area contributed by atoms with Crippen LogP contribution in [-0.2, 0) is 13.6 Å². The maximum absolute atomic E-state index is 12.3. The van der Waals surface area contributed by atoms with Gasteiger partial charge in [-0.3, -0.25) is 13.9 Å². The van der Waals surface area contributed by atoms with Crippen LogP contribution in [0, 0.1) is 5.41 Å². The molecule has 2 heterocycles. The average molecular weight is 278 g/mol. The summed E-state index contributed by atoms with van der Waals surface area (Å²) < 4.78 is 2.49. The summed E-state index contributed by atoms with van der Waals surface area (Å²) >= 11 is 0. The summed E-state index contributed by atoms with van der Waals surface area (Å²) in [5.74, 6) is 5.60. The maximum Gasteiger partial charge on any atom is 0.332 e. The second kappa shape index (κ2) is 4.71. The molecule has 20 heavy (non-hydrogen) atoms. The number of hydrogen-bond acceptors (Lipinski definition) is 6. The number of nitrogens with zero attached hydrogens (tertiary/aromatic N) is 4. The van der Waals surface area contributed by atoms with Crippen LogP contribution >= 0.6 is 0 Å². The highest BCUT2D eigenvalue weighted by Crippen LogP contribution is 2.17. The second-order valence-corrected chi connectivity index (χ2v) is 5.87. The zero-order valence-electron chi connectivity index (χ0n) is 12.0. The van der Waals surface area contributed by atoms with Gasteiger partial charge < -0.3 is 5.43 Å². The lowest BCUT2D eigenvalue weighted by molar-refractivity contribution is 0.337. The smallest absolute Gasteiger partial charge is 0.307 e. The van der Waals surface area contributed by atoms with E-state index in [-0.39, 0.29) is 16.6 Å². The fraction of sp³-hybridized carbons (Fsp3) is 0.500. The van der Waals surface area contributed by atoms with Crippen LogP contribution in [0.3, 0.4) is 0 Å². The highest BCUT2D eigenvalue weighted by Gasteiger charge is 2.19. The lowest BCUT2D eigenvalue weighted by Gasteiger charge is -2.21. The van der Waals surface area contributed by atoms with Crippen molar-refractivity contribution in [3.05, 3.63) is 27.0 Å². The van der Waals surface area contributed by atoms with Crippen LogP contribution in [0.25, 0.3) is 11.2 Å². The van der Waals surface area contributed by atoms with Crippen molar-refractivity contribution >= 4 is 17.0 Å². The third kappa shape index (κ3) is 2.42. The molecular formula is C12H18N6O2. The van der Waals surface area contributed by atoms with Crippen LogP contribution in [0.5, 0.6) is 0 Å². The van der Waals surface area contributed by atoms with Gasteiger partial charge in [0.15, 0.2) is 17.0 Å². The SMILES string of the molecule is Cn1c(=O)c2ncc(NN)nc2n(CC(C)(C)C)c1=O. The van der Waals surface area contributed by atoms with Gasteiger partial charge in [0.2, 0.25) is 0 Å². The summed E-state index contributed by atoms with van der Waals surface area (Å²) in [5.41, 5.74) is 1.72. The van der Waals surface area contributed by atoms with Gasteiger partial charge in [-0.25, -0.2) is 20.6 Å². The van der Waals surface area contributed by atoms with Crippen molar-refractivity contribution in [2.75, 3.05) is 5.43 Å². The largest absolute Gasteiger partial charge is 0.332 e. The van der Waals surface area contributed by atoms with E-state index in [1.165, 1.54) is 17.8 Å². The average Bonchev–Trinajstić information content (AvgIpc) is 2.39. The van der Waals surface area contributed by atoms with E-state index >= 15 is 0 Å². The van der Waals surface area contributed by atoms with Gasteiger partial charge in [-0.15, -0.1) is 0 Å². The molecule has 0 fully saturated rings. The first kappa shape index (κ1) is 14.2. The second-order valence-electron chi connectivity index (χ2n) is 5.87. The van der Waals surface area contributed by atoms with E-state index in [1.54, 1.807) is 0 Å². The van der Waals surface area contributed by atoms with Crippen molar-refractivity contribution in [1.29, 1.82) is 0 Å². The third-order valence-corrected chi connectivity index (χ3v) is 2.82. The molecule has 0 spiro atoms. The molecule has 0 saturated carbocycles. The Balaban J connectivity index is 2.89. The topological polar surface area (TPSA) is 108 Å². The van der Waals surface area contributed by atoms with Gasteiger partial charge in [0.05, 0.1) is 6.20 Å². The standard InChI is InChI=1S/C12H18N6O2/c1-12(2,3)6-18-9-8(10(19)17(4)11(18)20)14-5-7(15-9)16-13/h5H,6,13H2,1-4H3,(H,15,16). The van der Waals surface area contributed by atoms with E-state index in [9.17, 15) is 9.59 Å². The number of hydrogen-bond donors (Lipinski definition) is 2. The third-order valence-electron chi connectivity index (χ3n) is 2.82. The number of hydrazine groups is 1. The van der Waals surface area contributed by atoms with E-state index in [2.05, 4.69) is 15.4 Å². The number of aromatic nitrogens is 4. The van der Waals surface area contributed by atoms with Gasteiger partial charge in [-0.2, -0.15) is 0 Å². The molecule has 0 radical (unpaired) electrons. The van der Waals surface area contributed by atoms with Gasteiger partial charge >= 0.3 is 5.69 Å². The molecule has 0 aliphatic rings. The molecule has 8 nitrogen and oxygen atoms in total. The molecule has 0 aromatic carbocycles. The first-order chi connectivity index (χ1) is 9.24. The minimum atomic E-state index is -0.466. The normalized spacial score (nSPS) is 11.8. The Bertz CT molecular complexity index is 768. The van der Waals surface area contributed by atoms with Crippen LogP contribution < -0.4 is 22.5 Å². The van der Waals surface area contributed by atoms with Crippen molar-refractivity contribution in [3.8, 4) is 0 Å². The summed E-state index contributed by atoms with van der Waals surface area (Å²) in [4.78, 5) is 32.6. The van der Waals surface area contributed by atoms with Crippen molar-refractivity contribution in [2.45, 2.75) is 27.3 Å². The number of rotatable bonds is 2. The summed E-state index contributed by atoms with van der Waals surface area (Å²) in [6.07, 6.45) is 1.36. The fourth-order valence-corrected chi connectivity index (χ4v) is 1.92. The van der Waals surface area contributed by atoms with Crippen LogP contribution in [0.4, 0.5) is 5.82 Å². The maximum atomic E-state index is 12.3. The van der Waals surface area contributed by atoms with Gasteiger partial charge in [0.1, 0.15) is 0 Å². The van der Waals surface area contributed by atoms with Crippen molar-refractivity contribution < 1.29 is 0 Å². The minimum Gasteiger partial charge on any atom is -0.307 e. The Morgan fingerprint density at radius 1 is 1.35 bits per heavy atom. The molecule has 2 aromatic heterocycles. The molecule has 8 heteroatoms. The Hall–Kier alpha value is -2.22. The summed E-state index contributed by atoms with van der Waals surface area (Å²) in [6, 6.07) is 0. The number of fused-ring (bicyclic) bond motifs is 1. The van der Waals surface area contributed by atoms with Crippen LogP contribution in [-0.4, -0.2) is 19.1 Å². The molecule has 2 rings (SSSR count). The first-order valence-corrected chi connectivity index (χ1v) is 6.18. The number of nitrogens with two attached hydrogens (primary N) is 1. The number of nitrogen functional groups attached to an aromatic ring is 1. The Morgan fingerprint density at radius 3 is 2.55 bits per heavy atom. The fourth-order valence-electron chi connectivity index (χ4n) is 1.92. The minimum absolute atomic E-state index is 0.148. The monoisotopic (exact) mass is 278 g/mol. The molecule has 0 aliphatic heterocycles. The van der Waals surface area contributed by atoms with Crippen molar-refractivity contribution in [2.24, 2.45) is 18.3 Å². The molecule has 0 amide bonds. The highest BCUT2D eigenvalue weighted by molar-refractivity contribution is 5.70. The van der Waals surface area contributed by atoms with Gasteiger partial charge in [0.25, 0.3) is 5.56 Å². The van der Waals surface area contributed by atoms with Gasteiger partial charge in [-0.1, -0.05) is 20.8 Å². The molecule has 0 saturated heterocycles. The Morgan fingerprint density at radius 2 is 2.00 bits per heavy atom. The number of anilines is 1. The molecular weight excluding hydrogens is 260 g/mol. The van der Waals surface area contributed by atoms with E-state index in [0.29, 0.717) is 12.4 Å². The first-order valence-electron chi connectivity index (χ1n) is 6.18. The number of nitrogens with one attached hydrogen (secondary N) is 1. The zero-order chi connectivity index (χ0) is 15.1. The van der Waals surface area contributed by atoms with E-state index in [0.717, 1.165) is 4.57 Å². The highest BCUT2D eigenvalue weighted by atomic mass is 16.2. The van der Waals surface area contributed by atoms with Crippen molar-refractivity contribution in [1.82, 2.24) is 19.1 Å². The van der Waals surface area contributed by atoms with E-state index < -0.39 is 11.2 Å². The molecule has 2 aromatic rings. The van der Waals surface area contributed by atoms with E-state index in [1.807, 2.05) is 20.8 Å². The van der Waals surface area contributed by atoms with Crippen LogP contribution in [0.1, 0.15) is 20.8 Å². The Labute approximate surface area is 115 Å². The summed E-state index contributed by atoms with van der Waals surface area (Å²) in [7, 11) is 1.43. The lowest BCUT2D eigenvalue weighted by atomic mass is 9.97. The molecule has 3 N–H and O–H groups in total. The Kier molecular flexibility index (Phi) is 3.34. The molecule has 0 aliphatic carbocycles. The predicted octanol–water partition coefficient (Wildman–Crippen LogP) is -0.178. The molecule has 0 bridgehead atoms. The van der Waals surface area contributed by atoms with Crippen LogP contribution in [0.15, 0.2) is 15.8 Å². The zero-order valence-corrected chi connectivity index (χ0v) is 12.0. The van der Waals surface area contributed by atoms with Gasteiger partial charge in [-0.05, 0) is 5.41 Å². The van der Waals surface area contributed by atoms with Crippen molar-refractivity contribution in [3.63, 3.8) is 0 Å². The quantitative estimate of drug-likeness (QED) is 0.583. The molecule has 0 atom stereocenters.